The van der Waals surface area contributed by atoms with E-state index in [1.165, 1.54) is 0 Å². The van der Waals surface area contributed by atoms with Gasteiger partial charge in [0.2, 0.25) is 0 Å². The second kappa shape index (κ2) is 9.61. The van der Waals surface area contributed by atoms with Crippen LogP contribution in [-0.2, 0) is 22.6 Å². The van der Waals surface area contributed by atoms with Crippen LogP contribution in [-0.4, -0.2) is 54.0 Å². The summed E-state index contributed by atoms with van der Waals surface area (Å²) < 4.78 is 5.14. The molecule has 2 aromatic rings. The molecule has 1 heterocycles. The van der Waals surface area contributed by atoms with E-state index in [0.29, 0.717) is 19.4 Å². The first-order valence-electron chi connectivity index (χ1n) is 10.1. The maximum atomic E-state index is 12.8. The highest BCUT2D eigenvalue weighted by Gasteiger charge is 2.48. The number of carbonyl (C=O) groups excluding carboxylic acids is 3. The molecule has 8 heteroatoms. The second-order valence-corrected chi connectivity index (χ2v) is 7.94. The summed E-state index contributed by atoms with van der Waals surface area (Å²) in [6, 6.07) is 16.7. The Balaban J connectivity index is 1.52. The third-order valence-corrected chi connectivity index (χ3v) is 5.28. The fourth-order valence-corrected chi connectivity index (χ4v) is 3.50. The fraction of sp³-hybridized carbons (Fsp3) is 0.348. The molecule has 2 N–H and O–H groups in total. The Morgan fingerprint density at radius 2 is 1.77 bits per heavy atom. The average Bonchev–Trinajstić information content (AvgIpc) is 2.97. The summed E-state index contributed by atoms with van der Waals surface area (Å²) in [6.07, 6.45) is 1.07. The molecule has 3 rings (SSSR count). The van der Waals surface area contributed by atoms with Crippen molar-refractivity contribution in [2.24, 2.45) is 0 Å². The number of aryl methyl sites for hydroxylation is 1. The van der Waals surface area contributed by atoms with Crippen LogP contribution < -0.4 is 15.5 Å². The van der Waals surface area contributed by atoms with Gasteiger partial charge in [-0.25, -0.2) is 4.79 Å². The molecular formula is C23H28N4O4. The van der Waals surface area contributed by atoms with Crippen LogP contribution >= 0.6 is 0 Å². The highest BCUT2D eigenvalue weighted by atomic mass is 16.5. The zero-order chi connectivity index (χ0) is 22.4. The summed E-state index contributed by atoms with van der Waals surface area (Å²) in [4.78, 5) is 39.4. The van der Waals surface area contributed by atoms with E-state index in [1.54, 1.807) is 26.0 Å². The Labute approximate surface area is 182 Å². The zero-order valence-corrected chi connectivity index (χ0v) is 18.1. The van der Waals surface area contributed by atoms with Gasteiger partial charge in [-0.1, -0.05) is 42.5 Å². The smallest absolute Gasteiger partial charge is 0.344 e. The van der Waals surface area contributed by atoms with Gasteiger partial charge in [0, 0.05) is 6.54 Å². The number of urea groups is 1. The molecule has 164 valence electrons. The highest BCUT2D eigenvalue weighted by molar-refractivity contribution is 6.07. The number of ether oxygens (including phenoxy) is 1. The average molecular weight is 425 g/mol. The first kappa shape index (κ1) is 22.3. The van der Waals surface area contributed by atoms with E-state index in [2.05, 4.69) is 10.7 Å². The molecule has 0 aromatic heterocycles. The van der Waals surface area contributed by atoms with Gasteiger partial charge in [0.05, 0.1) is 13.7 Å². The van der Waals surface area contributed by atoms with E-state index in [4.69, 9.17) is 4.74 Å². The van der Waals surface area contributed by atoms with Crippen LogP contribution in [0.5, 0.6) is 5.75 Å². The Morgan fingerprint density at radius 3 is 2.42 bits per heavy atom. The summed E-state index contributed by atoms with van der Waals surface area (Å²) >= 11 is 0. The largest absolute Gasteiger partial charge is 0.497 e. The molecule has 2 aromatic carbocycles. The van der Waals surface area contributed by atoms with Crippen LogP contribution in [0.4, 0.5) is 4.79 Å². The summed E-state index contributed by atoms with van der Waals surface area (Å²) in [5.41, 5.74) is 3.47. The van der Waals surface area contributed by atoms with E-state index >= 15 is 0 Å². The minimum atomic E-state index is -1.06. The van der Waals surface area contributed by atoms with E-state index < -0.39 is 23.4 Å². The molecule has 1 fully saturated rings. The molecule has 1 atom stereocenters. The van der Waals surface area contributed by atoms with Gasteiger partial charge < -0.3 is 10.1 Å². The molecule has 1 aliphatic rings. The summed E-state index contributed by atoms with van der Waals surface area (Å²) in [7, 11) is 3.40. The molecule has 31 heavy (non-hydrogen) atoms. The maximum Gasteiger partial charge on any atom is 0.344 e. The van der Waals surface area contributed by atoms with Crippen LogP contribution in [0, 0.1) is 0 Å². The quantitative estimate of drug-likeness (QED) is 0.602. The number of hydrogen-bond donors (Lipinski definition) is 2. The monoisotopic (exact) mass is 424 g/mol. The van der Waals surface area contributed by atoms with Crippen LogP contribution in [0.25, 0.3) is 0 Å². The third kappa shape index (κ3) is 5.61. The lowest BCUT2D eigenvalue weighted by atomic mass is 9.93. The van der Waals surface area contributed by atoms with Crippen molar-refractivity contribution in [3.8, 4) is 5.75 Å². The van der Waals surface area contributed by atoms with Gasteiger partial charge in [-0.15, -0.1) is 0 Å². The van der Waals surface area contributed by atoms with E-state index in [-0.39, 0.29) is 6.54 Å². The third-order valence-electron chi connectivity index (χ3n) is 5.28. The molecule has 1 saturated heterocycles. The summed E-state index contributed by atoms with van der Waals surface area (Å²) in [6.45, 7) is 2.24. The summed E-state index contributed by atoms with van der Waals surface area (Å²) in [5.74, 6) is -0.135. The van der Waals surface area contributed by atoms with Crippen molar-refractivity contribution in [1.29, 1.82) is 0 Å². The molecule has 0 radical (unpaired) electrons. The number of amides is 4. The number of likely N-dealkylation sites (N-methyl/N-ethyl adjacent to an activating group) is 1. The Morgan fingerprint density at radius 1 is 1.10 bits per heavy atom. The predicted octanol–water partition coefficient (Wildman–Crippen LogP) is 2.10. The van der Waals surface area contributed by atoms with Crippen molar-refractivity contribution in [2.75, 3.05) is 20.7 Å². The molecule has 0 bridgehead atoms. The number of imide groups is 1. The lowest BCUT2D eigenvalue weighted by molar-refractivity contribution is -0.139. The summed E-state index contributed by atoms with van der Waals surface area (Å²) in [5, 5.41) is 3.49. The number of nitrogens with zero attached hydrogens (tertiary/aromatic N) is 2. The number of rotatable bonds is 9. The molecule has 0 spiro atoms. The van der Waals surface area contributed by atoms with E-state index in [1.807, 2.05) is 54.6 Å². The number of nitrogens with one attached hydrogen (secondary N) is 2. The molecule has 0 saturated carbocycles. The van der Waals surface area contributed by atoms with Crippen molar-refractivity contribution in [2.45, 2.75) is 31.8 Å². The van der Waals surface area contributed by atoms with Gasteiger partial charge in [-0.2, -0.15) is 5.01 Å². The topological polar surface area (TPSA) is 91.0 Å². The van der Waals surface area contributed by atoms with Gasteiger partial charge >= 0.3 is 6.03 Å². The van der Waals surface area contributed by atoms with Crippen molar-refractivity contribution in [3.63, 3.8) is 0 Å². The van der Waals surface area contributed by atoms with Crippen LogP contribution in [0.3, 0.4) is 0 Å². The minimum Gasteiger partial charge on any atom is -0.497 e. The minimum absolute atomic E-state index is 0.0316. The normalized spacial score (nSPS) is 18.3. The highest BCUT2D eigenvalue weighted by Crippen LogP contribution is 2.22. The molecule has 0 unspecified atom stereocenters. The van der Waals surface area contributed by atoms with Crippen LogP contribution in [0.1, 0.15) is 24.5 Å². The van der Waals surface area contributed by atoms with E-state index in [0.717, 1.165) is 21.9 Å². The SMILES string of the molecule is COc1ccc(CN(C)CC(=O)NN2C(=O)N[C@@](C)(CCc3ccccc3)C2=O)cc1. The Bertz CT molecular complexity index is 932. The molecule has 8 nitrogen and oxygen atoms in total. The number of carbonyl (C=O) groups is 3. The van der Waals surface area contributed by atoms with Crippen molar-refractivity contribution < 1.29 is 19.1 Å². The van der Waals surface area contributed by atoms with Crippen molar-refractivity contribution in [3.05, 3.63) is 65.7 Å². The first-order chi connectivity index (χ1) is 14.8. The van der Waals surface area contributed by atoms with Crippen molar-refractivity contribution >= 4 is 17.8 Å². The van der Waals surface area contributed by atoms with Crippen LogP contribution in [0.15, 0.2) is 54.6 Å². The molecule has 1 aliphatic heterocycles. The van der Waals surface area contributed by atoms with E-state index in [9.17, 15) is 14.4 Å². The lowest BCUT2D eigenvalue weighted by Gasteiger charge is -2.22. The zero-order valence-electron chi connectivity index (χ0n) is 18.1. The predicted molar refractivity (Wildman–Crippen MR) is 116 cm³/mol. The number of benzene rings is 2. The van der Waals surface area contributed by atoms with Gasteiger partial charge in [0.25, 0.3) is 11.8 Å². The van der Waals surface area contributed by atoms with Gasteiger partial charge in [-0.05, 0) is 50.1 Å². The molecule has 0 aliphatic carbocycles. The Hall–Kier alpha value is -3.39. The fourth-order valence-electron chi connectivity index (χ4n) is 3.50. The van der Waals surface area contributed by atoms with Crippen LogP contribution in [0.2, 0.25) is 0 Å². The number of methoxy groups -OCH3 is 1. The van der Waals surface area contributed by atoms with Crippen molar-refractivity contribution in [1.82, 2.24) is 20.7 Å². The number of hydrazine groups is 1. The van der Waals surface area contributed by atoms with Gasteiger partial charge in [0.15, 0.2) is 0 Å². The first-order valence-corrected chi connectivity index (χ1v) is 10.1. The standard InChI is InChI=1S/C23H28N4O4/c1-23(14-13-17-7-5-4-6-8-17)21(29)27(22(30)24-23)25-20(28)16-26(2)15-18-9-11-19(31-3)12-10-18/h4-12H,13-16H2,1-3H3,(H,24,30)(H,25,28)/t23-/m0/s1. The maximum absolute atomic E-state index is 12.8. The lowest BCUT2D eigenvalue weighted by Crippen LogP contribution is -2.51. The molecule has 4 amide bonds. The van der Waals surface area contributed by atoms with Gasteiger partial charge in [0.1, 0.15) is 11.3 Å². The number of hydrogen-bond acceptors (Lipinski definition) is 5. The Kier molecular flexibility index (Phi) is 6.91. The molecular weight excluding hydrogens is 396 g/mol. The van der Waals surface area contributed by atoms with Gasteiger partial charge in [-0.3, -0.25) is 19.9 Å². The second-order valence-electron chi connectivity index (χ2n) is 7.94.